The normalized spacial score (nSPS) is 24.7. The Hall–Kier alpha value is -4.53. The van der Waals surface area contributed by atoms with Gasteiger partial charge in [-0.1, -0.05) is 68.8 Å². The van der Waals surface area contributed by atoms with Crippen molar-refractivity contribution in [3.8, 4) is 22.8 Å². The first-order valence-corrected chi connectivity index (χ1v) is 21.4. The van der Waals surface area contributed by atoms with Crippen molar-refractivity contribution in [2.75, 3.05) is 26.7 Å². The number of piperidine rings is 1. The van der Waals surface area contributed by atoms with Crippen molar-refractivity contribution in [1.29, 1.82) is 0 Å². The quantitative estimate of drug-likeness (QED) is 0.0902. The first-order valence-electron chi connectivity index (χ1n) is 20.0. The highest BCUT2D eigenvalue weighted by atomic mass is 35.5. The third kappa shape index (κ3) is 8.33. The van der Waals surface area contributed by atoms with Crippen molar-refractivity contribution >= 4 is 57.4 Å². The number of benzene rings is 2. The molecule has 6 atom stereocenters. The molecule has 2 aromatic carbocycles. The van der Waals surface area contributed by atoms with Crippen LogP contribution in [0.1, 0.15) is 72.1 Å². The van der Waals surface area contributed by atoms with Gasteiger partial charge in [-0.05, 0) is 56.1 Å². The van der Waals surface area contributed by atoms with Gasteiger partial charge in [0, 0.05) is 54.9 Å². The van der Waals surface area contributed by atoms with Gasteiger partial charge in [0.25, 0.3) is 17.2 Å². The predicted octanol–water partition coefficient (Wildman–Crippen LogP) is 6.08. The van der Waals surface area contributed by atoms with E-state index >= 15 is 0 Å². The van der Waals surface area contributed by atoms with Crippen molar-refractivity contribution in [2.45, 2.75) is 94.8 Å². The summed E-state index contributed by atoms with van der Waals surface area (Å²) in [6, 6.07) is 15.9. The van der Waals surface area contributed by atoms with Crippen molar-refractivity contribution < 1.29 is 37.4 Å². The maximum atomic E-state index is 14.9. The Morgan fingerprint density at radius 3 is 2.41 bits per heavy atom. The smallest absolute Gasteiger partial charge is 0.265 e. The molecule has 7 rings (SSSR count). The van der Waals surface area contributed by atoms with Crippen molar-refractivity contribution in [1.82, 2.24) is 24.4 Å². The zero-order valence-electron chi connectivity index (χ0n) is 33.4. The molecule has 58 heavy (non-hydrogen) atoms. The Balaban J connectivity index is 1.23. The highest BCUT2D eigenvalue weighted by molar-refractivity contribution is 7.77. The van der Waals surface area contributed by atoms with Gasteiger partial charge in [0.2, 0.25) is 17.7 Å². The van der Waals surface area contributed by atoms with Crippen molar-refractivity contribution in [3.63, 3.8) is 0 Å². The van der Waals surface area contributed by atoms with Crippen LogP contribution in [0.5, 0.6) is 11.5 Å². The number of rotatable bonds is 13. The van der Waals surface area contributed by atoms with Crippen LogP contribution in [-0.2, 0) is 30.4 Å². The first-order chi connectivity index (χ1) is 27.6. The minimum atomic E-state index is -2.74. The average Bonchev–Trinajstić information content (AvgIpc) is 4.08. The molecule has 2 aliphatic carbocycles. The predicted molar refractivity (Wildman–Crippen MR) is 221 cm³/mol. The molecule has 1 unspecified atom stereocenters. The summed E-state index contributed by atoms with van der Waals surface area (Å²) in [5, 5.41) is 3.61. The first kappa shape index (κ1) is 41.6. The molecule has 4 aliphatic rings. The Labute approximate surface area is 346 Å². The number of alkyl halides is 1. The van der Waals surface area contributed by atoms with Gasteiger partial charge in [-0.25, -0.2) is 13.5 Å². The summed E-state index contributed by atoms with van der Waals surface area (Å²) < 4.78 is 35.7. The minimum absolute atomic E-state index is 0.0193. The number of hydrogen-bond acceptors (Lipinski definition) is 8. The lowest BCUT2D eigenvalue weighted by Gasteiger charge is -2.37. The number of fused-ring (bicyclic) bond motifs is 1. The summed E-state index contributed by atoms with van der Waals surface area (Å²) in [5.41, 5.74) is -0.0805. The fourth-order valence-corrected chi connectivity index (χ4v) is 9.44. The molecule has 310 valence electrons. The average molecular weight is 834 g/mol. The lowest BCUT2D eigenvalue weighted by Crippen LogP contribution is -2.58. The molecule has 4 fully saturated rings. The van der Waals surface area contributed by atoms with Crippen molar-refractivity contribution in [3.05, 3.63) is 67.3 Å². The highest BCUT2D eigenvalue weighted by Crippen LogP contribution is 2.52. The van der Waals surface area contributed by atoms with Gasteiger partial charge in [-0.2, -0.15) is 0 Å². The molecule has 2 saturated heterocycles. The molecule has 15 heteroatoms. The summed E-state index contributed by atoms with van der Waals surface area (Å²) in [6.45, 7) is 10.9. The fraction of sp³-hybridized carbons (Fsp3) is 0.512. The lowest BCUT2D eigenvalue weighted by molar-refractivity contribution is -0.149. The Bertz CT molecular complexity index is 2120. The Morgan fingerprint density at radius 1 is 1.10 bits per heavy atom. The van der Waals surface area contributed by atoms with Gasteiger partial charge in [0.05, 0.1) is 30.8 Å². The SMILES string of the molecule is C=C[C@@H]1C[C@]1(NC(=O)[C@@H]1C[C@@H](Oc2cc(-c3ccccc3)nc3cc(OC)ccc23)CN1C(=O)[C@@H](CC(=O)N1CCCCC1)C(C)(C)C)C(=O)N(S(=O)O)C1(Cl)CC1. The van der Waals surface area contributed by atoms with Crippen LogP contribution in [0.4, 0.5) is 0 Å². The third-order valence-corrected chi connectivity index (χ3v) is 13.5. The summed E-state index contributed by atoms with van der Waals surface area (Å²) in [7, 11) is 1.58. The van der Waals surface area contributed by atoms with E-state index in [1.54, 1.807) is 7.11 Å². The van der Waals surface area contributed by atoms with E-state index in [0.29, 0.717) is 54.0 Å². The third-order valence-electron chi connectivity index (χ3n) is 12.0. The molecule has 2 aliphatic heterocycles. The second-order valence-electron chi connectivity index (χ2n) is 17.1. The zero-order chi connectivity index (χ0) is 41.6. The number of halogens is 1. The monoisotopic (exact) mass is 833 g/mol. The summed E-state index contributed by atoms with van der Waals surface area (Å²) in [4.78, 5) is 64.3. The number of aromatic nitrogens is 1. The highest BCUT2D eigenvalue weighted by Gasteiger charge is 2.66. The molecule has 3 aromatic rings. The minimum Gasteiger partial charge on any atom is -0.497 e. The van der Waals surface area contributed by atoms with Crippen LogP contribution in [0.2, 0.25) is 0 Å². The number of carbonyl (C=O) groups excluding carboxylic acids is 4. The van der Waals surface area contributed by atoms with E-state index in [4.69, 9.17) is 26.1 Å². The van der Waals surface area contributed by atoms with Gasteiger partial charge < -0.3 is 24.6 Å². The van der Waals surface area contributed by atoms with Crippen LogP contribution < -0.4 is 14.8 Å². The molecular weight excluding hydrogens is 782 g/mol. The van der Waals surface area contributed by atoms with E-state index in [0.717, 1.165) is 29.1 Å². The maximum absolute atomic E-state index is 14.9. The molecular formula is C43H52ClN5O8S. The molecule has 2 N–H and O–H groups in total. The number of amides is 4. The summed E-state index contributed by atoms with van der Waals surface area (Å²) >= 11 is 3.79. The fourth-order valence-electron chi connectivity index (χ4n) is 8.32. The van der Waals surface area contributed by atoms with E-state index in [-0.39, 0.29) is 37.6 Å². The molecule has 4 amide bonds. The van der Waals surface area contributed by atoms with Crippen LogP contribution in [-0.4, -0.2) is 101 Å². The van der Waals surface area contributed by atoms with Crippen LogP contribution in [0.3, 0.4) is 0 Å². The Morgan fingerprint density at radius 2 is 1.81 bits per heavy atom. The van der Waals surface area contributed by atoms with E-state index in [1.807, 2.05) is 80.3 Å². The maximum Gasteiger partial charge on any atom is 0.265 e. The molecule has 13 nitrogen and oxygen atoms in total. The lowest BCUT2D eigenvalue weighted by atomic mass is 9.77. The van der Waals surface area contributed by atoms with Gasteiger partial charge in [0.1, 0.15) is 34.2 Å². The van der Waals surface area contributed by atoms with Crippen LogP contribution in [0.15, 0.2) is 67.3 Å². The number of pyridine rings is 1. The molecule has 0 bridgehead atoms. The molecule has 3 heterocycles. The number of methoxy groups -OCH3 is 1. The van der Waals surface area contributed by atoms with Crippen LogP contribution >= 0.6 is 11.6 Å². The number of nitrogens with zero attached hydrogens (tertiary/aromatic N) is 4. The summed E-state index contributed by atoms with van der Waals surface area (Å²) in [6.07, 6.45) is 4.56. The zero-order valence-corrected chi connectivity index (χ0v) is 35.0. The second kappa shape index (κ2) is 16.3. The van der Waals surface area contributed by atoms with E-state index in [1.165, 1.54) is 11.0 Å². The van der Waals surface area contributed by atoms with E-state index in [2.05, 4.69) is 11.9 Å². The molecule has 0 spiro atoms. The number of nitrogens with one attached hydrogen (secondary N) is 1. The number of likely N-dealkylation sites (tertiary alicyclic amines) is 2. The molecule has 0 radical (unpaired) electrons. The molecule has 2 saturated carbocycles. The van der Waals surface area contributed by atoms with Gasteiger partial charge in [-0.15, -0.1) is 6.58 Å². The summed E-state index contributed by atoms with van der Waals surface area (Å²) in [5.74, 6) is -2.07. The number of ether oxygens (including phenoxy) is 2. The number of carbonyl (C=O) groups is 4. The van der Waals surface area contributed by atoms with Gasteiger partial charge in [-0.3, -0.25) is 23.7 Å². The van der Waals surface area contributed by atoms with Crippen molar-refractivity contribution in [2.24, 2.45) is 17.3 Å². The topological polar surface area (TPSA) is 159 Å². The standard InChI is InChI=1S/C43H52ClN5O8S/c1-6-28-25-43(28,40(53)49(58(54)55)42(44)17-18-42)46-38(51)35-22-30(26-48(35)39(52)32(41(2,3)4)23-37(50)47-19-11-8-12-20-47)57-36-24-33(27-13-9-7-10-14-27)45-34-21-29(56-5)15-16-31(34)36/h6-7,9-10,13-16,21,24,28,30,32,35H,1,8,11-12,17-20,22-23,25-26H2,2-5H3,(H,46,51)(H,54,55)/t28-,30-,32-,35+,43-/m1/s1. The van der Waals surface area contributed by atoms with Gasteiger partial charge >= 0.3 is 0 Å². The van der Waals surface area contributed by atoms with E-state index < -0.39 is 63.0 Å². The van der Waals surface area contributed by atoms with E-state index in [9.17, 15) is 27.9 Å². The molecule has 1 aromatic heterocycles. The largest absolute Gasteiger partial charge is 0.497 e. The number of hydrogen-bond donors (Lipinski definition) is 2. The van der Waals surface area contributed by atoms with Gasteiger partial charge in [0.15, 0.2) is 0 Å². The second-order valence-corrected chi connectivity index (χ2v) is 18.6. The van der Waals surface area contributed by atoms with Crippen LogP contribution in [0, 0.1) is 17.3 Å². The Kier molecular flexibility index (Phi) is 11.7. The van der Waals surface area contributed by atoms with Crippen LogP contribution in [0.25, 0.3) is 22.2 Å².